The van der Waals surface area contributed by atoms with E-state index in [1.54, 1.807) is 4.90 Å². The number of likely N-dealkylation sites (tertiary alicyclic amines) is 1. The lowest BCUT2D eigenvalue weighted by molar-refractivity contribution is -0.380. The number of hydrogen-bond donors (Lipinski definition) is 0. The Morgan fingerprint density at radius 3 is 2.55 bits per heavy atom. The van der Waals surface area contributed by atoms with Crippen LogP contribution in [0.25, 0.3) is 0 Å². The van der Waals surface area contributed by atoms with Gasteiger partial charge in [0.25, 0.3) is 5.91 Å². The lowest BCUT2D eigenvalue weighted by Crippen LogP contribution is -2.44. The number of nitrogens with zero attached hydrogens (tertiary/aromatic N) is 2. The fourth-order valence-electron chi connectivity index (χ4n) is 2.69. The van der Waals surface area contributed by atoms with Gasteiger partial charge in [-0.3, -0.25) is 14.9 Å². The Hall–Kier alpha value is -1.96. The van der Waals surface area contributed by atoms with E-state index >= 15 is 0 Å². The molecule has 1 aromatic heterocycles. The van der Waals surface area contributed by atoms with Gasteiger partial charge in [0.15, 0.2) is 6.61 Å². The Morgan fingerprint density at radius 2 is 2.00 bits per heavy atom. The van der Waals surface area contributed by atoms with Crippen LogP contribution in [0.4, 0.5) is 5.00 Å². The van der Waals surface area contributed by atoms with E-state index in [-0.39, 0.29) is 22.4 Å². The van der Waals surface area contributed by atoms with Crippen molar-refractivity contribution in [2.75, 3.05) is 19.7 Å². The summed E-state index contributed by atoms with van der Waals surface area (Å²) in [6, 6.07) is 2.58. The minimum atomic E-state index is -0.704. The number of rotatable bonds is 4. The van der Waals surface area contributed by atoms with E-state index in [2.05, 4.69) is 13.8 Å². The van der Waals surface area contributed by atoms with Crippen LogP contribution in [0.1, 0.15) is 29.9 Å². The number of hydrogen-bond acceptors (Lipinski definition) is 6. The van der Waals surface area contributed by atoms with Crippen molar-refractivity contribution in [3.05, 3.63) is 27.1 Å². The summed E-state index contributed by atoms with van der Waals surface area (Å²) in [5.74, 6) is -0.0611. The van der Waals surface area contributed by atoms with E-state index in [4.69, 9.17) is 4.74 Å². The molecule has 2 atom stereocenters. The molecule has 1 aliphatic rings. The zero-order valence-electron chi connectivity index (χ0n) is 12.5. The molecule has 0 radical (unpaired) electrons. The van der Waals surface area contributed by atoms with Crippen LogP contribution in [0.3, 0.4) is 0 Å². The molecule has 0 spiro atoms. The summed E-state index contributed by atoms with van der Waals surface area (Å²) >= 11 is 0.739. The van der Waals surface area contributed by atoms with Crippen LogP contribution >= 0.6 is 11.3 Å². The normalized spacial score (nSPS) is 21.5. The van der Waals surface area contributed by atoms with Gasteiger partial charge in [0.2, 0.25) is 0 Å². The van der Waals surface area contributed by atoms with E-state index in [1.807, 2.05) is 0 Å². The predicted molar refractivity (Wildman–Crippen MR) is 80.8 cm³/mol. The number of amides is 1. The van der Waals surface area contributed by atoms with Crippen LogP contribution in [-0.2, 0) is 9.53 Å². The second-order valence-corrected chi connectivity index (χ2v) is 6.78. The topological polar surface area (TPSA) is 89.8 Å². The molecule has 0 aromatic carbocycles. The lowest BCUT2D eigenvalue weighted by Gasteiger charge is -2.34. The van der Waals surface area contributed by atoms with E-state index in [9.17, 15) is 19.7 Å². The number of carbonyl (C=O) groups is 2. The van der Waals surface area contributed by atoms with Gasteiger partial charge in [-0.05, 0) is 24.3 Å². The summed E-state index contributed by atoms with van der Waals surface area (Å²) in [6.07, 6.45) is 1.09. The highest BCUT2D eigenvalue weighted by Gasteiger charge is 2.26. The lowest BCUT2D eigenvalue weighted by atomic mass is 9.92. The van der Waals surface area contributed by atoms with Crippen molar-refractivity contribution in [2.45, 2.75) is 20.3 Å². The SMILES string of the molecule is C[C@@H]1C[C@@H](C)CN(C(=O)COC(=O)c2ccc([N+](=O)[O-])s2)C1. The maximum atomic E-state index is 12.1. The molecule has 8 heteroatoms. The molecule has 0 aliphatic carbocycles. The molecule has 2 heterocycles. The van der Waals surface area contributed by atoms with E-state index in [0.29, 0.717) is 24.9 Å². The van der Waals surface area contributed by atoms with Crippen LogP contribution in [0, 0.1) is 22.0 Å². The first-order valence-corrected chi connectivity index (χ1v) is 7.87. The molecule has 2 rings (SSSR count). The molecule has 7 nitrogen and oxygen atoms in total. The molecular weight excluding hydrogens is 308 g/mol. The number of nitro groups is 1. The molecule has 1 amide bonds. The number of carbonyl (C=O) groups excluding carboxylic acids is 2. The first-order valence-electron chi connectivity index (χ1n) is 7.06. The number of esters is 1. The zero-order chi connectivity index (χ0) is 16.3. The fourth-order valence-corrected chi connectivity index (χ4v) is 3.41. The predicted octanol–water partition coefficient (Wildman–Crippen LogP) is 2.32. The molecule has 1 aliphatic heterocycles. The molecule has 0 N–H and O–H groups in total. The summed E-state index contributed by atoms with van der Waals surface area (Å²) in [6.45, 7) is 5.19. The minimum absolute atomic E-state index is 0.125. The standard InChI is InChI=1S/C14H18N2O5S/c1-9-5-10(2)7-15(6-9)12(17)8-21-14(18)11-3-4-13(22-11)16(19)20/h3-4,9-10H,5-8H2,1-2H3/t9-,10-/m1/s1. The van der Waals surface area contributed by atoms with Gasteiger partial charge in [0, 0.05) is 19.2 Å². The van der Waals surface area contributed by atoms with Gasteiger partial charge in [-0.1, -0.05) is 25.2 Å². The van der Waals surface area contributed by atoms with Gasteiger partial charge in [0.1, 0.15) is 4.88 Å². The average molecular weight is 326 g/mol. The fraction of sp³-hybridized carbons (Fsp3) is 0.571. The second kappa shape index (κ2) is 6.87. The maximum absolute atomic E-state index is 12.1. The van der Waals surface area contributed by atoms with Crippen molar-refractivity contribution in [3.8, 4) is 0 Å². The van der Waals surface area contributed by atoms with Crippen molar-refractivity contribution < 1.29 is 19.2 Å². The summed E-state index contributed by atoms with van der Waals surface area (Å²) in [4.78, 5) is 35.7. The van der Waals surface area contributed by atoms with Crippen molar-refractivity contribution in [1.29, 1.82) is 0 Å². The van der Waals surface area contributed by atoms with Crippen molar-refractivity contribution in [2.24, 2.45) is 11.8 Å². The third-order valence-electron chi connectivity index (χ3n) is 3.52. The summed E-state index contributed by atoms with van der Waals surface area (Å²) in [5.41, 5.74) is 0. The highest BCUT2D eigenvalue weighted by Crippen LogP contribution is 2.25. The summed E-state index contributed by atoms with van der Waals surface area (Å²) in [5, 5.41) is 10.4. The highest BCUT2D eigenvalue weighted by atomic mass is 32.1. The molecular formula is C14H18N2O5S. The van der Waals surface area contributed by atoms with Gasteiger partial charge in [-0.2, -0.15) is 0 Å². The van der Waals surface area contributed by atoms with Gasteiger partial charge in [-0.25, -0.2) is 4.79 Å². The number of thiophene rings is 1. The van der Waals surface area contributed by atoms with Gasteiger partial charge >= 0.3 is 11.0 Å². The quantitative estimate of drug-likeness (QED) is 0.481. The summed E-state index contributed by atoms with van der Waals surface area (Å²) in [7, 11) is 0. The number of piperidine rings is 1. The summed E-state index contributed by atoms with van der Waals surface area (Å²) < 4.78 is 4.96. The first kappa shape index (κ1) is 16.4. The van der Waals surface area contributed by atoms with Crippen LogP contribution in [0.15, 0.2) is 12.1 Å². The largest absolute Gasteiger partial charge is 0.451 e. The molecule has 1 fully saturated rings. The Bertz CT molecular complexity index is 576. The minimum Gasteiger partial charge on any atom is -0.451 e. The van der Waals surface area contributed by atoms with E-state index < -0.39 is 10.9 Å². The molecule has 0 bridgehead atoms. The third-order valence-corrected chi connectivity index (χ3v) is 4.54. The monoisotopic (exact) mass is 326 g/mol. The first-order chi connectivity index (χ1) is 10.4. The van der Waals surface area contributed by atoms with Gasteiger partial charge in [0.05, 0.1) is 4.92 Å². The van der Waals surface area contributed by atoms with Crippen molar-refractivity contribution in [3.63, 3.8) is 0 Å². The number of ether oxygens (including phenoxy) is 1. The Labute approximate surface area is 132 Å². The van der Waals surface area contributed by atoms with Gasteiger partial charge in [-0.15, -0.1) is 0 Å². The van der Waals surface area contributed by atoms with E-state index in [0.717, 1.165) is 17.8 Å². The van der Waals surface area contributed by atoms with Crippen LogP contribution < -0.4 is 0 Å². The Kier molecular flexibility index (Phi) is 5.12. The van der Waals surface area contributed by atoms with Crippen molar-refractivity contribution >= 4 is 28.2 Å². The van der Waals surface area contributed by atoms with Crippen molar-refractivity contribution in [1.82, 2.24) is 4.90 Å². The zero-order valence-corrected chi connectivity index (χ0v) is 13.3. The molecule has 0 saturated carbocycles. The maximum Gasteiger partial charge on any atom is 0.349 e. The highest BCUT2D eigenvalue weighted by molar-refractivity contribution is 7.17. The molecule has 120 valence electrons. The Balaban J connectivity index is 1.87. The average Bonchev–Trinajstić information content (AvgIpc) is 2.93. The van der Waals surface area contributed by atoms with Crippen LogP contribution in [0.5, 0.6) is 0 Å². The Morgan fingerprint density at radius 1 is 1.36 bits per heavy atom. The van der Waals surface area contributed by atoms with Crippen LogP contribution in [0.2, 0.25) is 0 Å². The molecule has 22 heavy (non-hydrogen) atoms. The molecule has 1 saturated heterocycles. The smallest absolute Gasteiger partial charge is 0.349 e. The van der Waals surface area contributed by atoms with Crippen LogP contribution in [-0.4, -0.2) is 41.4 Å². The van der Waals surface area contributed by atoms with Gasteiger partial charge < -0.3 is 9.64 Å². The van der Waals surface area contributed by atoms with E-state index in [1.165, 1.54) is 12.1 Å². The molecule has 1 aromatic rings. The third kappa shape index (κ3) is 4.03. The second-order valence-electron chi connectivity index (χ2n) is 5.72. The molecule has 0 unspecified atom stereocenters.